The lowest BCUT2D eigenvalue weighted by atomic mass is 10.1. The first-order chi connectivity index (χ1) is 10.9. The van der Waals surface area contributed by atoms with Crippen LogP contribution in [0.4, 0.5) is 14.5 Å². The van der Waals surface area contributed by atoms with Crippen LogP contribution in [0.5, 0.6) is 0 Å². The highest BCUT2D eigenvalue weighted by atomic mass is 19.1. The molecule has 0 aliphatic heterocycles. The fourth-order valence-electron chi connectivity index (χ4n) is 1.95. The van der Waals surface area contributed by atoms with E-state index in [1.165, 1.54) is 6.07 Å². The maximum atomic E-state index is 13.4. The number of anilines is 1. The summed E-state index contributed by atoms with van der Waals surface area (Å²) in [6, 6.07) is 8.42. The van der Waals surface area contributed by atoms with Gasteiger partial charge in [0.1, 0.15) is 17.3 Å². The normalized spacial score (nSPS) is 10.3. The molecule has 0 unspecified atom stereocenters. The number of hydrogen-bond acceptors (Lipinski definition) is 2. The third-order valence-corrected chi connectivity index (χ3v) is 3.41. The van der Waals surface area contributed by atoms with E-state index in [1.54, 1.807) is 18.2 Å². The van der Waals surface area contributed by atoms with Crippen molar-refractivity contribution in [2.45, 2.75) is 13.8 Å². The van der Waals surface area contributed by atoms with Gasteiger partial charge in [-0.2, -0.15) is 0 Å². The zero-order valence-electron chi connectivity index (χ0n) is 12.7. The van der Waals surface area contributed by atoms with Gasteiger partial charge in [-0.25, -0.2) is 8.78 Å². The SMILES string of the molecule is Cc1ccc(C(=O)NCC(=O)Nc2c(F)cccc2F)cc1C. The first-order valence-electron chi connectivity index (χ1n) is 6.98. The molecule has 2 aromatic rings. The number of para-hydroxylation sites is 1. The van der Waals surface area contributed by atoms with Gasteiger partial charge in [-0.3, -0.25) is 9.59 Å². The molecule has 0 aliphatic carbocycles. The van der Waals surface area contributed by atoms with Gasteiger partial charge in [0.15, 0.2) is 0 Å². The highest BCUT2D eigenvalue weighted by Crippen LogP contribution is 2.17. The van der Waals surface area contributed by atoms with E-state index in [-0.39, 0.29) is 6.54 Å². The molecular weight excluding hydrogens is 302 g/mol. The second-order valence-electron chi connectivity index (χ2n) is 5.13. The minimum atomic E-state index is -0.876. The molecule has 23 heavy (non-hydrogen) atoms. The Morgan fingerprint density at radius 2 is 1.65 bits per heavy atom. The van der Waals surface area contributed by atoms with E-state index in [0.29, 0.717) is 5.56 Å². The molecule has 120 valence electrons. The second kappa shape index (κ2) is 7.00. The van der Waals surface area contributed by atoms with Gasteiger partial charge in [-0.15, -0.1) is 0 Å². The largest absolute Gasteiger partial charge is 0.343 e. The van der Waals surface area contributed by atoms with Gasteiger partial charge in [0.05, 0.1) is 6.54 Å². The first kappa shape index (κ1) is 16.6. The Bertz CT molecular complexity index is 740. The maximum absolute atomic E-state index is 13.4. The number of hydrogen-bond donors (Lipinski definition) is 2. The van der Waals surface area contributed by atoms with Crippen LogP contribution in [0.25, 0.3) is 0 Å². The Kier molecular flexibility index (Phi) is 5.05. The van der Waals surface area contributed by atoms with Gasteiger partial charge in [0.2, 0.25) is 5.91 Å². The molecule has 0 bridgehead atoms. The Labute approximate surface area is 132 Å². The van der Waals surface area contributed by atoms with Crippen molar-refractivity contribution in [1.82, 2.24) is 5.32 Å². The van der Waals surface area contributed by atoms with E-state index in [4.69, 9.17) is 0 Å². The fourth-order valence-corrected chi connectivity index (χ4v) is 1.95. The number of halogens is 2. The quantitative estimate of drug-likeness (QED) is 0.910. The van der Waals surface area contributed by atoms with Crippen molar-refractivity contribution >= 4 is 17.5 Å². The van der Waals surface area contributed by atoms with Crippen molar-refractivity contribution in [3.63, 3.8) is 0 Å². The van der Waals surface area contributed by atoms with Crippen LogP contribution in [0.2, 0.25) is 0 Å². The predicted molar refractivity (Wildman–Crippen MR) is 83.2 cm³/mol. The van der Waals surface area contributed by atoms with E-state index in [0.717, 1.165) is 23.3 Å². The zero-order chi connectivity index (χ0) is 17.0. The Balaban J connectivity index is 1.96. The lowest BCUT2D eigenvalue weighted by molar-refractivity contribution is -0.115. The molecule has 2 rings (SSSR count). The zero-order valence-corrected chi connectivity index (χ0v) is 12.7. The third-order valence-electron chi connectivity index (χ3n) is 3.41. The van der Waals surface area contributed by atoms with Crippen LogP contribution in [0.3, 0.4) is 0 Å². The Morgan fingerprint density at radius 1 is 1.00 bits per heavy atom. The number of aryl methyl sites for hydroxylation is 2. The molecule has 0 aliphatic rings. The minimum absolute atomic E-state index is 0.389. The van der Waals surface area contributed by atoms with Crippen LogP contribution in [0, 0.1) is 25.5 Å². The van der Waals surface area contributed by atoms with E-state index in [1.807, 2.05) is 13.8 Å². The number of amides is 2. The molecule has 0 saturated heterocycles. The smallest absolute Gasteiger partial charge is 0.251 e. The summed E-state index contributed by atoms with van der Waals surface area (Å²) in [7, 11) is 0. The summed E-state index contributed by atoms with van der Waals surface area (Å²) in [6.07, 6.45) is 0. The number of carbonyl (C=O) groups is 2. The van der Waals surface area contributed by atoms with Crippen LogP contribution < -0.4 is 10.6 Å². The molecule has 0 aromatic heterocycles. The summed E-state index contributed by atoms with van der Waals surface area (Å²) in [4.78, 5) is 23.7. The lowest BCUT2D eigenvalue weighted by Gasteiger charge is -2.09. The fraction of sp³-hybridized carbons (Fsp3) is 0.176. The van der Waals surface area contributed by atoms with Gasteiger partial charge in [0.25, 0.3) is 5.91 Å². The van der Waals surface area contributed by atoms with Gasteiger partial charge in [-0.1, -0.05) is 12.1 Å². The van der Waals surface area contributed by atoms with E-state index in [9.17, 15) is 18.4 Å². The van der Waals surface area contributed by atoms with Gasteiger partial charge in [0, 0.05) is 5.56 Å². The van der Waals surface area contributed by atoms with Crippen molar-refractivity contribution in [2.75, 3.05) is 11.9 Å². The molecule has 2 amide bonds. The van der Waals surface area contributed by atoms with Crippen molar-refractivity contribution in [3.05, 3.63) is 64.7 Å². The van der Waals surface area contributed by atoms with Crippen LogP contribution in [-0.2, 0) is 4.79 Å². The molecular formula is C17H16F2N2O2. The number of rotatable bonds is 4. The summed E-state index contributed by atoms with van der Waals surface area (Å²) in [5, 5.41) is 4.51. The van der Waals surface area contributed by atoms with Gasteiger partial charge in [-0.05, 0) is 49.2 Å². The van der Waals surface area contributed by atoms with Crippen LogP contribution >= 0.6 is 0 Å². The highest BCUT2D eigenvalue weighted by Gasteiger charge is 2.13. The molecule has 4 nitrogen and oxygen atoms in total. The molecule has 6 heteroatoms. The highest BCUT2D eigenvalue weighted by molar-refractivity contribution is 5.99. The lowest BCUT2D eigenvalue weighted by Crippen LogP contribution is -2.33. The average molecular weight is 318 g/mol. The number of carbonyl (C=O) groups excluding carboxylic acids is 2. The van der Waals surface area contributed by atoms with Crippen molar-refractivity contribution in [3.8, 4) is 0 Å². The first-order valence-corrected chi connectivity index (χ1v) is 6.98. The molecule has 0 atom stereocenters. The van der Waals surface area contributed by atoms with Gasteiger partial charge >= 0.3 is 0 Å². The van der Waals surface area contributed by atoms with E-state index >= 15 is 0 Å². The summed E-state index contributed by atoms with van der Waals surface area (Å²) in [5.41, 5.74) is 1.89. The van der Waals surface area contributed by atoms with Crippen LogP contribution in [0.1, 0.15) is 21.5 Å². The monoisotopic (exact) mass is 318 g/mol. The Morgan fingerprint density at radius 3 is 2.26 bits per heavy atom. The summed E-state index contributed by atoms with van der Waals surface area (Å²) in [6.45, 7) is 3.41. The maximum Gasteiger partial charge on any atom is 0.251 e. The Hall–Kier alpha value is -2.76. The molecule has 2 N–H and O–H groups in total. The summed E-state index contributed by atoms with van der Waals surface area (Å²) < 4.78 is 26.8. The van der Waals surface area contributed by atoms with Crippen LogP contribution in [0.15, 0.2) is 36.4 Å². The molecule has 0 heterocycles. The molecule has 0 fully saturated rings. The van der Waals surface area contributed by atoms with Crippen molar-refractivity contribution < 1.29 is 18.4 Å². The minimum Gasteiger partial charge on any atom is -0.343 e. The third kappa shape index (κ3) is 4.12. The predicted octanol–water partition coefficient (Wildman–Crippen LogP) is 2.95. The number of nitrogens with one attached hydrogen (secondary N) is 2. The topological polar surface area (TPSA) is 58.2 Å². The van der Waals surface area contributed by atoms with Crippen molar-refractivity contribution in [2.24, 2.45) is 0 Å². The summed E-state index contributed by atoms with van der Waals surface area (Å²) in [5.74, 6) is -2.90. The molecule has 0 saturated carbocycles. The standard InChI is InChI=1S/C17H16F2N2O2/c1-10-6-7-12(8-11(10)2)17(23)20-9-15(22)21-16-13(18)4-3-5-14(16)19/h3-8H,9H2,1-2H3,(H,20,23)(H,21,22). The molecule has 0 spiro atoms. The van der Waals surface area contributed by atoms with E-state index < -0.39 is 29.1 Å². The van der Waals surface area contributed by atoms with Crippen LogP contribution in [-0.4, -0.2) is 18.4 Å². The van der Waals surface area contributed by atoms with Gasteiger partial charge < -0.3 is 10.6 Å². The summed E-state index contributed by atoms with van der Waals surface area (Å²) >= 11 is 0. The average Bonchev–Trinajstić information content (AvgIpc) is 2.51. The van der Waals surface area contributed by atoms with E-state index in [2.05, 4.69) is 10.6 Å². The number of benzene rings is 2. The molecule has 0 radical (unpaired) electrons. The van der Waals surface area contributed by atoms with Crippen molar-refractivity contribution in [1.29, 1.82) is 0 Å². The molecule has 2 aromatic carbocycles. The second-order valence-corrected chi connectivity index (χ2v) is 5.13.